The van der Waals surface area contributed by atoms with E-state index in [1.54, 1.807) is 0 Å². The van der Waals surface area contributed by atoms with Crippen molar-refractivity contribution in [3.8, 4) is 0 Å². The number of nitrogens with zero attached hydrogens (tertiary/aromatic N) is 1. The van der Waals surface area contributed by atoms with E-state index in [1.165, 1.54) is 65.4 Å². The molecular formula is C25H40NTi-. The molecule has 2 heteroatoms. The summed E-state index contributed by atoms with van der Waals surface area (Å²) in [5, 5.41) is 8.28. The predicted octanol–water partition coefficient (Wildman–Crippen LogP) is 7.61. The molecule has 0 unspecified atom stereocenters. The third-order valence-corrected chi connectivity index (χ3v) is 6.01. The van der Waals surface area contributed by atoms with Crippen LogP contribution in [0.25, 0.3) is 5.41 Å². The Labute approximate surface area is 187 Å². The van der Waals surface area contributed by atoms with Crippen molar-refractivity contribution in [1.82, 2.24) is 0 Å². The van der Waals surface area contributed by atoms with E-state index in [1.807, 2.05) is 20.8 Å². The Bertz CT molecular complexity index is 293. The molecule has 0 saturated heterocycles. The minimum atomic E-state index is -0.0278. The topological polar surface area (TPSA) is 22.3 Å². The monoisotopic (exact) mass is 402 g/mol. The van der Waals surface area contributed by atoms with Crippen LogP contribution in [0.3, 0.4) is 0 Å². The van der Waals surface area contributed by atoms with Crippen LogP contribution < -0.4 is 0 Å². The molecule has 0 bridgehead atoms. The largest absolute Gasteiger partial charge is 0.814 e. The van der Waals surface area contributed by atoms with Crippen LogP contribution in [0.5, 0.6) is 0 Å². The molecule has 1 nitrogen and oxygen atoms in total. The third-order valence-electron chi connectivity index (χ3n) is 6.01. The fraction of sp³-hybridized carbons (Fsp3) is 0.560. The average Bonchev–Trinajstić information content (AvgIpc) is 2.86. The Balaban J connectivity index is 0. The molecule has 0 heterocycles. The first-order chi connectivity index (χ1) is 11.7. The molecule has 2 aliphatic carbocycles. The minimum Gasteiger partial charge on any atom is -0.814 e. The minimum absolute atomic E-state index is 0. The smallest absolute Gasteiger partial charge is 0 e. The second-order valence-electron chi connectivity index (χ2n) is 8.75. The van der Waals surface area contributed by atoms with Crippen molar-refractivity contribution in [2.45, 2.75) is 90.0 Å². The van der Waals surface area contributed by atoms with Gasteiger partial charge in [-0.05, 0) is 64.6 Å². The van der Waals surface area contributed by atoms with Gasteiger partial charge in [0.25, 0.3) is 0 Å². The van der Waals surface area contributed by atoms with E-state index < -0.39 is 0 Å². The van der Waals surface area contributed by atoms with Crippen molar-refractivity contribution in [3.05, 3.63) is 64.6 Å². The zero-order valence-corrected chi connectivity index (χ0v) is 21.6. The van der Waals surface area contributed by atoms with Gasteiger partial charge in [0.2, 0.25) is 0 Å². The standard InChI is InChI=1S/2C10H15.C5H10N.Ti/c2*1-6-7(2)9(4)10(5)8(6)3;1-5(2,3)4-6;/h2*1-5H3;4H,1-3H3;/q;;-1;. The van der Waals surface area contributed by atoms with E-state index in [4.69, 9.17) is 5.41 Å². The van der Waals surface area contributed by atoms with E-state index in [2.05, 4.69) is 69.2 Å². The van der Waals surface area contributed by atoms with Crippen LogP contribution >= 0.6 is 0 Å². The second kappa shape index (κ2) is 12.2. The summed E-state index contributed by atoms with van der Waals surface area (Å²) >= 11 is 0. The first-order valence-corrected chi connectivity index (χ1v) is 9.55. The summed E-state index contributed by atoms with van der Waals surface area (Å²) < 4.78 is 0. The number of hydrogen-bond donors (Lipinski definition) is 0. The third kappa shape index (κ3) is 8.33. The molecule has 0 aliphatic heterocycles. The van der Waals surface area contributed by atoms with Gasteiger partial charge >= 0.3 is 0 Å². The number of rotatable bonds is 0. The van der Waals surface area contributed by atoms with E-state index in [-0.39, 0.29) is 27.1 Å². The Morgan fingerprint density at radius 1 is 0.444 bits per heavy atom. The molecule has 0 atom stereocenters. The summed E-state index contributed by atoms with van der Waals surface area (Å²) in [6.45, 7) is 27.8. The quantitative estimate of drug-likeness (QED) is 0.294. The second-order valence-corrected chi connectivity index (χ2v) is 8.75. The van der Waals surface area contributed by atoms with Crippen LogP contribution in [0.2, 0.25) is 0 Å². The van der Waals surface area contributed by atoms with Crippen LogP contribution in [-0.4, -0.2) is 6.21 Å². The van der Waals surface area contributed by atoms with Crippen molar-refractivity contribution in [1.29, 1.82) is 0 Å². The molecular weight excluding hydrogens is 362 g/mol. The molecule has 0 N–H and O–H groups in total. The molecule has 0 aromatic rings. The van der Waals surface area contributed by atoms with Gasteiger partial charge < -0.3 is 5.41 Å². The molecule has 0 amide bonds. The first-order valence-electron chi connectivity index (χ1n) is 9.55. The normalized spacial score (nSPS) is 23.6. The molecule has 27 heavy (non-hydrogen) atoms. The van der Waals surface area contributed by atoms with Gasteiger partial charge in [0.15, 0.2) is 0 Å². The van der Waals surface area contributed by atoms with Crippen molar-refractivity contribution in [2.24, 2.45) is 5.41 Å². The molecule has 2 rings (SSSR count). The van der Waals surface area contributed by atoms with E-state index >= 15 is 0 Å². The summed E-state index contributed by atoms with van der Waals surface area (Å²) in [5.41, 5.74) is -0.0278. The van der Waals surface area contributed by atoms with Crippen molar-refractivity contribution >= 4 is 6.21 Å². The molecule has 0 aromatic carbocycles. The van der Waals surface area contributed by atoms with Crippen LogP contribution in [-0.2, 0) is 21.7 Å². The van der Waals surface area contributed by atoms with Crippen LogP contribution in [0.1, 0.15) is 90.0 Å². The Hall–Kier alpha value is 0.384. The van der Waals surface area contributed by atoms with Gasteiger partial charge in [-0.3, -0.25) is 0 Å². The maximum atomic E-state index is 8.28. The summed E-state index contributed by atoms with van der Waals surface area (Å²) in [5.74, 6) is 14.7. The van der Waals surface area contributed by atoms with Gasteiger partial charge in [-0.15, -0.1) is 0 Å². The fourth-order valence-electron chi connectivity index (χ4n) is 2.81. The molecule has 2 fully saturated rings. The van der Waals surface area contributed by atoms with Gasteiger partial charge in [0.1, 0.15) is 0 Å². The van der Waals surface area contributed by atoms with Crippen LogP contribution in [0.15, 0.2) is 0 Å². The summed E-state index contributed by atoms with van der Waals surface area (Å²) in [6, 6.07) is 0. The predicted molar refractivity (Wildman–Crippen MR) is 118 cm³/mol. The molecule has 2 saturated carbocycles. The van der Waals surface area contributed by atoms with E-state index in [0.717, 1.165) is 0 Å². The zero-order valence-electron chi connectivity index (χ0n) is 20.0. The SMILES string of the molecule is CC(C)(C)C=[N-].C[C]1[C](C)[C](C)[C](C)[C]1C.C[C]1[C](C)[C](C)[C](C)[C]1C.[Ti]. The molecule has 2 aliphatic rings. The molecule has 0 spiro atoms. The average molecular weight is 402 g/mol. The molecule has 150 valence electrons. The fourth-order valence-corrected chi connectivity index (χ4v) is 2.81. The summed E-state index contributed by atoms with van der Waals surface area (Å²) in [4.78, 5) is 0. The maximum Gasteiger partial charge on any atom is 0 e. The van der Waals surface area contributed by atoms with Gasteiger partial charge in [0, 0.05) is 21.7 Å². The van der Waals surface area contributed by atoms with Crippen LogP contribution in [0, 0.1) is 64.6 Å². The van der Waals surface area contributed by atoms with Crippen molar-refractivity contribution in [2.75, 3.05) is 0 Å². The Kier molecular flexibility index (Phi) is 13.3. The van der Waals surface area contributed by atoms with E-state index in [9.17, 15) is 0 Å². The first kappa shape index (κ1) is 29.6. The van der Waals surface area contributed by atoms with Gasteiger partial charge in [-0.2, -0.15) is 0 Å². The maximum absolute atomic E-state index is 8.28. The summed E-state index contributed by atoms with van der Waals surface area (Å²) in [7, 11) is 0. The van der Waals surface area contributed by atoms with Crippen LogP contribution in [0.4, 0.5) is 0 Å². The van der Waals surface area contributed by atoms with Crippen molar-refractivity contribution < 1.29 is 21.7 Å². The molecule has 10 radical (unpaired) electrons. The summed E-state index contributed by atoms with van der Waals surface area (Å²) in [6.07, 6.45) is 1.19. The van der Waals surface area contributed by atoms with Gasteiger partial charge in [-0.25, -0.2) is 6.21 Å². The van der Waals surface area contributed by atoms with E-state index in [0.29, 0.717) is 0 Å². The Morgan fingerprint density at radius 2 is 0.519 bits per heavy atom. The zero-order chi connectivity index (χ0) is 21.0. The Morgan fingerprint density at radius 3 is 0.556 bits per heavy atom. The van der Waals surface area contributed by atoms with Crippen molar-refractivity contribution in [3.63, 3.8) is 0 Å². The van der Waals surface area contributed by atoms with Gasteiger partial charge in [-0.1, -0.05) is 90.0 Å². The van der Waals surface area contributed by atoms with Gasteiger partial charge in [0.05, 0.1) is 0 Å². The molecule has 0 aromatic heterocycles. The number of hydrogen-bond acceptors (Lipinski definition) is 0.